The molecule has 30 heavy (non-hydrogen) atoms. The lowest BCUT2D eigenvalue weighted by atomic mass is 10.1. The number of hydrazine groups is 1. The molecular weight excluding hydrogens is 402 g/mol. The van der Waals surface area contributed by atoms with Crippen LogP contribution in [0.4, 0.5) is 5.69 Å². The second kappa shape index (κ2) is 8.81. The van der Waals surface area contributed by atoms with E-state index in [1.807, 2.05) is 66.7 Å². The summed E-state index contributed by atoms with van der Waals surface area (Å²) < 4.78 is 17.3. The Balaban J connectivity index is 1.68. The van der Waals surface area contributed by atoms with Crippen LogP contribution in [0, 0.1) is 6.92 Å². The van der Waals surface area contributed by atoms with Gasteiger partial charge in [0.2, 0.25) is 5.56 Å². The maximum absolute atomic E-state index is 11.7. The first-order valence-corrected chi connectivity index (χ1v) is 10.8. The highest BCUT2D eigenvalue weighted by molar-refractivity contribution is 7.99. The maximum Gasteiger partial charge on any atom is 0.324 e. The Labute approximate surface area is 179 Å². The minimum atomic E-state index is -0.487. The average molecular weight is 426 g/mol. The minimum absolute atomic E-state index is 0.0983. The Bertz CT molecular complexity index is 1080. The van der Waals surface area contributed by atoms with Gasteiger partial charge >= 0.3 is 5.97 Å². The predicted octanol–water partition coefficient (Wildman–Crippen LogP) is 3.65. The Morgan fingerprint density at radius 3 is 2.80 bits per heavy atom. The van der Waals surface area contributed by atoms with E-state index in [1.54, 1.807) is 7.11 Å². The summed E-state index contributed by atoms with van der Waals surface area (Å²) in [6.45, 7) is 2.32. The number of carbonyl (C=O) groups excluding carboxylic acids is 1. The van der Waals surface area contributed by atoms with Crippen LogP contribution in [-0.4, -0.2) is 36.4 Å². The van der Waals surface area contributed by atoms with Crippen LogP contribution < -0.4 is 19.9 Å². The van der Waals surface area contributed by atoms with E-state index in [1.165, 1.54) is 11.8 Å². The van der Waals surface area contributed by atoms with Crippen LogP contribution in [0.5, 0.6) is 11.5 Å². The van der Waals surface area contributed by atoms with Crippen LogP contribution in [0.1, 0.15) is 11.3 Å². The molecular formula is C22H23N3O4S. The van der Waals surface area contributed by atoms with Gasteiger partial charge in [-0.1, -0.05) is 36.0 Å². The number of fused-ring (bicyclic) bond motifs is 1. The molecule has 1 unspecified atom stereocenters. The van der Waals surface area contributed by atoms with E-state index in [-0.39, 0.29) is 19.1 Å². The average Bonchev–Trinajstić information content (AvgIpc) is 2.77. The number of rotatable bonds is 6. The molecule has 4 rings (SSSR count). The van der Waals surface area contributed by atoms with Crippen LogP contribution in [0.15, 0.2) is 48.5 Å². The lowest BCUT2D eigenvalue weighted by Gasteiger charge is -2.36. The molecule has 1 aliphatic heterocycles. The third-order valence-corrected chi connectivity index (χ3v) is 5.53. The summed E-state index contributed by atoms with van der Waals surface area (Å²) in [6.07, 6.45) is 1.89. The van der Waals surface area contributed by atoms with Crippen molar-refractivity contribution < 1.29 is 19.0 Å². The van der Waals surface area contributed by atoms with Gasteiger partial charge in [-0.05, 0) is 37.4 Å². The molecule has 0 spiro atoms. The Kier molecular flexibility index (Phi) is 5.96. The second-order valence-electron chi connectivity index (χ2n) is 6.76. The number of nitrogens with zero attached hydrogens (tertiary/aromatic N) is 2. The number of aromatic nitrogens is 1. The SMILES string of the molecule is COc1cccc(N2NCC(=O)OC2SC)c1COc1cccc2ccc(C)nc12. The van der Waals surface area contributed by atoms with E-state index >= 15 is 0 Å². The standard InChI is InChI=1S/C22H23N3O4S/c1-14-10-11-15-6-4-9-19(21(15)24-14)28-13-16-17(7-5-8-18(16)27-2)25-22(30-3)29-20(26)12-23-25/h4-11,22-23H,12-13H2,1-3H3. The summed E-state index contributed by atoms with van der Waals surface area (Å²) in [6, 6.07) is 15.6. The summed E-state index contributed by atoms with van der Waals surface area (Å²) in [5.41, 5.74) is 6.06. The minimum Gasteiger partial charge on any atom is -0.496 e. The number of hydrogen-bond acceptors (Lipinski definition) is 8. The van der Waals surface area contributed by atoms with Crippen molar-refractivity contribution in [2.24, 2.45) is 0 Å². The van der Waals surface area contributed by atoms with Gasteiger partial charge in [0.15, 0.2) is 0 Å². The zero-order chi connectivity index (χ0) is 21.1. The van der Waals surface area contributed by atoms with Gasteiger partial charge in [0.25, 0.3) is 0 Å². The smallest absolute Gasteiger partial charge is 0.324 e. The van der Waals surface area contributed by atoms with Crippen molar-refractivity contribution in [3.63, 3.8) is 0 Å². The van der Waals surface area contributed by atoms with Crippen molar-refractivity contribution in [2.45, 2.75) is 19.1 Å². The van der Waals surface area contributed by atoms with E-state index in [4.69, 9.17) is 14.2 Å². The summed E-state index contributed by atoms with van der Waals surface area (Å²) in [5.74, 6) is 1.10. The molecule has 0 radical (unpaired) electrons. The largest absolute Gasteiger partial charge is 0.496 e. The number of methoxy groups -OCH3 is 1. The molecule has 0 aliphatic carbocycles. The second-order valence-corrected chi connectivity index (χ2v) is 7.64. The third kappa shape index (κ3) is 4.01. The number of nitrogens with one attached hydrogen (secondary N) is 1. The van der Waals surface area contributed by atoms with Crippen LogP contribution >= 0.6 is 11.8 Å². The van der Waals surface area contributed by atoms with Gasteiger partial charge in [0.1, 0.15) is 30.2 Å². The molecule has 156 valence electrons. The maximum atomic E-state index is 11.7. The fraction of sp³-hybridized carbons (Fsp3) is 0.273. The van der Waals surface area contributed by atoms with Crippen molar-refractivity contribution in [2.75, 3.05) is 24.9 Å². The highest BCUT2D eigenvalue weighted by Crippen LogP contribution is 2.34. The molecule has 1 fully saturated rings. The normalized spacial score (nSPS) is 16.4. The monoisotopic (exact) mass is 425 g/mol. The lowest BCUT2D eigenvalue weighted by Crippen LogP contribution is -2.54. The summed E-state index contributed by atoms with van der Waals surface area (Å²) in [5, 5.41) is 2.85. The first-order chi connectivity index (χ1) is 14.6. The summed E-state index contributed by atoms with van der Waals surface area (Å²) in [4.78, 5) is 16.3. The zero-order valence-electron chi connectivity index (χ0n) is 17.0. The topological polar surface area (TPSA) is 72.9 Å². The molecule has 3 aromatic rings. The summed E-state index contributed by atoms with van der Waals surface area (Å²) in [7, 11) is 1.63. The number of anilines is 1. The molecule has 8 heteroatoms. The lowest BCUT2D eigenvalue weighted by molar-refractivity contribution is -0.147. The number of thioether (sulfide) groups is 1. The van der Waals surface area contributed by atoms with Crippen LogP contribution in [-0.2, 0) is 16.1 Å². The van der Waals surface area contributed by atoms with Crippen molar-refractivity contribution in [3.05, 3.63) is 59.8 Å². The van der Waals surface area contributed by atoms with Crippen LogP contribution in [0.3, 0.4) is 0 Å². The fourth-order valence-electron chi connectivity index (χ4n) is 3.38. The Morgan fingerprint density at radius 2 is 2.00 bits per heavy atom. The Morgan fingerprint density at radius 1 is 1.20 bits per heavy atom. The van der Waals surface area contributed by atoms with Gasteiger partial charge < -0.3 is 14.2 Å². The van der Waals surface area contributed by atoms with Gasteiger partial charge in [-0.2, -0.15) is 0 Å². The van der Waals surface area contributed by atoms with Gasteiger partial charge in [-0.15, -0.1) is 0 Å². The predicted molar refractivity (Wildman–Crippen MR) is 118 cm³/mol. The third-order valence-electron chi connectivity index (χ3n) is 4.82. The quantitative estimate of drug-likeness (QED) is 0.600. The number of carbonyl (C=O) groups is 1. The van der Waals surface area contributed by atoms with Gasteiger partial charge in [-0.25, -0.2) is 10.4 Å². The molecule has 1 saturated heterocycles. The number of para-hydroxylation sites is 1. The fourth-order valence-corrected chi connectivity index (χ4v) is 3.99. The molecule has 1 aromatic heterocycles. The molecule has 2 aromatic carbocycles. The Hall–Kier alpha value is -2.97. The van der Waals surface area contributed by atoms with Gasteiger partial charge in [0.05, 0.1) is 18.4 Å². The number of cyclic esters (lactones) is 1. The highest BCUT2D eigenvalue weighted by Gasteiger charge is 2.30. The van der Waals surface area contributed by atoms with Gasteiger partial charge in [0, 0.05) is 11.1 Å². The van der Waals surface area contributed by atoms with Crippen molar-refractivity contribution >= 4 is 34.3 Å². The number of esters is 1. The van der Waals surface area contributed by atoms with Crippen molar-refractivity contribution in [1.29, 1.82) is 0 Å². The molecule has 2 heterocycles. The van der Waals surface area contributed by atoms with E-state index in [9.17, 15) is 4.79 Å². The number of aryl methyl sites for hydroxylation is 1. The molecule has 1 aliphatic rings. The molecule has 0 amide bonds. The van der Waals surface area contributed by atoms with E-state index in [0.29, 0.717) is 11.5 Å². The van der Waals surface area contributed by atoms with Gasteiger partial charge in [-0.3, -0.25) is 9.80 Å². The number of hydrogen-bond donors (Lipinski definition) is 1. The zero-order valence-corrected chi connectivity index (χ0v) is 17.9. The van der Waals surface area contributed by atoms with E-state index in [2.05, 4.69) is 10.4 Å². The number of pyridine rings is 1. The first-order valence-electron chi connectivity index (χ1n) is 9.51. The first kappa shape index (κ1) is 20.3. The van der Waals surface area contributed by atoms with Crippen LogP contribution in [0.2, 0.25) is 0 Å². The molecule has 7 nitrogen and oxygen atoms in total. The van der Waals surface area contributed by atoms with E-state index in [0.717, 1.165) is 27.8 Å². The number of benzene rings is 2. The summed E-state index contributed by atoms with van der Waals surface area (Å²) >= 11 is 1.42. The van der Waals surface area contributed by atoms with Crippen molar-refractivity contribution in [3.8, 4) is 11.5 Å². The van der Waals surface area contributed by atoms with E-state index < -0.39 is 5.56 Å². The van der Waals surface area contributed by atoms with Crippen molar-refractivity contribution in [1.82, 2.24) is 10.4 Å². The number of ether oxygens (including phenoxy) is 3. The molecule has 1 N–H and O–H groups in total. The van der Waals surface area contributed by atoms with Crippen LogP contribution in [0.25, 0.3) is 10.9 Å². The molecule has 0 bridgehead atoms. The molecule has 1 atom stereocenters. The highest BCUT2D eigenvalue weighted by atomic mass is 32.2. The molecule has 0 saturated carbocycles.